The maximum atomic E-state index is 14.8. The zero-order valence-corrected chi connectivity index (χ0v) is 88.1. The SMILES string of the molecule is CC[C@H]1O[C@@H](n2cc(C)c(N)nc2=O)CC1OP(O)(=S)OC[C@H]1O[C@@H](n2cc(C)c(=O)[nH]c2=O)CC1OP(=O)(S)OC[C@H]1O[C@@H](n2cc(C)c(=O)[nH]c2=O)CC1OP(O)(=S)OC[C@H]1O[C@@H](n2cnc3c(N)ncnc32)CC1OP(O)(=S)OC[C@H]1O[C@@H](n2cc(C)c(=O)[nH]c2=O)CC1OP(O)(=S)OC[C@H]1O[C@@H](n2cnc3c(N)ncnc32)CC1OP(O)(=S)OC[C@H]1O[C@@H](n2cc(C)c(=O)[nH]c2=O)CC1OP(O)(=S)OC. The number of hydrogen-bond donors (Lipinski definition) is 14. The molecule has 0 aromatic carbocycles. The number of H-pyrrole nitrogens is 4. The van der Waals surface area contributed by atoms with Crippen LogP contribution in [0.1, 0.15) is 130 Å². The predicted octanol–water partition coefficient (Wildman–Crippen LogP) is 1.62. The lowest BCUT2D eigenvalue weighted by molar-refractivity contribution is -0.0569. The van der Waals surface area contributed by atoms with Crippen LogP contribution in [0.2, 0.25) is 0 Å². The molecule has 28 atom stereocenters. The Morgan fingerprint density at radius 3 is 0.903 bits per heavy atom. The summed E-state index contributed by atoms with van der Waals surface area (Å²) in [6.07, 6.45) is -17.3. The second-order valence-electron chi connectivity index (χ2n) is 33.8. The lowest BCUT2D eigenvalue weighted by atomic mass is 10.1. The van der Waals surface area contributed by atoms with Gasteiger partial charge in [0, 0.05) is 111 Å². The zero-order valence-electron chi connectivity index (χ0n) is 76.1. The number of thiol groups is 1. The van der Waals surface area contributed by atoms with Crippen molar-refractivity contribution in [3.05, 3.63) is 178 Å². The number of aromatic nitrogens is 18. The minimum atomic E-state index is -4.81. The van der Waals surface area contributed by atoms with Crippen molar-refractivity contribution < 1.29 is 130 Å². The third kappa shape index (κ3) is 25.9. The second-order valence-corrected chi connectivity index (χ2v) is 53.5. The van der Waals surface area contributed by atoms with Crippen LogP contribution in [0.15, 0.2) is 99.4 Å². The topological polar surface area (TPSA) is 752 Å². The van der Waals surface area contributed by atoms with Gasteiger partial charge in [0.15, 0.2) is 22.9 Å². The fraction of sp³-hybridized carbons (Fsp3) is 0.583. The normalized spacial score (nSPS) is 29.7. The lowest BCUT2D eigenvalue weighted by Crippen LogP contribution is -2.33. The van der Waals surface area contributed by atoms with E-state index in [1.165, 1.54) is 91.4 Å². The average molecular weight is 2290 g/mol. The number of rotatable bonds is 41. The largest absolute Gasteiger partial charge is 0.386 e. The molecule has 7 aliphatic rings. The number of anilines is 3. The van der Waals surface area contributed by atoms with E-state index in [1.807, 2.05) is 0 Å². The summed E-state index contributed by atoms with van der Waals surface area (Å²) in [7, 11) is 1.11. The molecule has 72 heteroatoms. The number of nitrogens with one attached hydrogen (secondary N) is 4. The molecule has 7 aliphatic heterocycles. The Morgan fingerprint density at radius 1 is 0.361 bits per heavy atom. The van der Waals surface area contributed by atoms with Gasteiger partial charge < -0.3 is 134 Å². The maximum absolute atomic E-state index is 14.8. The first-order valence-electron chi connectivity index (χ1n) is 43.4. The van der Waals surface area contributed by atoms with Crippen LogP contribution in [0.3, 0.4) is 0 Å². The summed E-state index contributed by atoms with van der Waals surface area (Å²) in [5.41, 5.74) is 12.4. The molecule has 7 fully saturated rings. The molecule has 0 amide bonds. The van der Waals surface area contributed by atoms with Gasteiger partial charge in [0.1, 0.15) is 116 Å². The molecule has 16 N–H and O–H groups in total. The van der Waals surface area contributed by atoms with Gasteiger partial charge in [-0.3, -0.25) is 80.1 Å². The quantitative estimate of drug-likeness (QED) is 0.0191. The van der Waals surface area contributed by atoms with Crippen LogP contribution in [-0.4, -0.2) is 248 Å². The summed E-state index contributed by atoms with van der Waals surface area (Å²) < 4.78 is 151. The van der Waals surface area contributed by atoms with E-state index in [9.17, 15) is 77.1 Å². The number of nitrogens with two attached hydrogens (primary N) is 3. The van der Waals surface area contributed by atoms with Gasteiger partial charge in [-0.2, -0.15) is 4.98 Å². The van der Waals surface area contributed by atoms with Gasteiger partial charge in [0.05, 0.1) is 95.0 Å². The summed E-state index contributed by atoms with van der Waals surface area (Å²) in [6.45, 7) is -27.2. The number of nitrogens with zero attached hydrogens (tertiary/aromatic N) is 14. The second kappa shape index (κ2) is 44.4. The Hall–Kier alpha value is -6.50. The summed E-state index contributed by atoms with van der Waals surface area (Å²) in [6, 6.07) is 0. The van der Waals surface area contributed by atoms with Crippen molar-refractivity contribution in [2.45, 2.75) is 222 Å². The molecular weight excluding hydrogens is 2190 g/mol. The summed E-state index contributed by atoms with van der Waals surface area (Å²) in [4.78, 5) is 226. The summed E-state index contributed by atoms with van der Waals surface area (Å²) in [5, 5.41) is 0. The smallest absolute Gasteiger partial charge is 0.383 e. The van der Waals surface area contributed by atoms with E-state index in [4.69, 9.17) is 185 Å². The van der Waals surface area contributed by atoms with Gasteiger partial charge in [-0.25, -0.2) is 58.4 Å². The van der Waals surface area contributed by atoms with E-state index in [0.717, 1.165) is 31.7 Å². The Kier molecular flexibility index (Phi) is 34.0. The Labute approximate surface area is 845 Å². The van der Waals surface area contributed by atoms with Crippen LogP contribution in [0.4, 0.5) is 17.5 Å². The number of aryl methyl sites for hydroxylation is 5. The summed E-state index contributed by atoms with van der Waals surface area (Å²) in [5.74, 6) is -0.00913. The number of ether oxygens (including phenoxy) is 7. The molecule has 58 nitrogen and oxygen atoms in total. The van der Waals surface area contributed by atoms with Gasteiger partial charge in [0.2, 0.25) is 0 Å². The van der Waals surface area contributed by atoms with Gasteiger partial charge >= 0.3 is 75.6 Å². The molecule has 9 aromatic heterocycles. The van der Waals surface area contributed by atoms with Crippen LogP contribution in [-0.2, 0) is 172 Å². The highest BCUT2D eigenvalue weighted by Crippen LogP contribution is 2.60. The van der Waals surface area contributed by atoms with Crippen molar-refractivity contribution in [2.24, 2.45) is 0 Å². The fourth-order valence-electron chi connectivity index (χ4n) is 16.7. The molecule has 0 aliphatic carbocycles. The van der Waals surface area contributed by atoms with Crippen LogP contribution in [0, 0.1) is 34.6 Å². The monoisotopic (exact) mass is 2290 g/mol. The molecule has 16 heterocycles. The van der Waals surface area contributed by atoms with Crippen molar-refractivity contribution in [1.29, 1.82) is 0 Å². The molecule has 14 unspecified atom stereocenters. The van der Waals surface area contributed by atoms with E-state index in [0.29, 0.717) is 12.0 Å². The number of hydrogen-bond acceptors (Lipinski definition) is 47. The first kappa shape index (κ1) is 110. The van der Waals surface area contributed by atoms with Crippen LogP contribution < -0.4 is 67.9 Å². The fourth-order valence-corrected chi connectivity index (χ4v) is 26.6. The molecule has 16 rings (SSSR count). The highest BCUT2D eigenvalue weighted by molar-refractivity contribution is 8.44. The first-order valence-corrected chi connectivity index (χ1v) is 61.6. The lowest BCUT2D eigenvalue weighted by Gasteiger charge is -2.28. The molecule has 7 saturated heterocycles. The number of fused-ring (bicyclic) bond motifs is 2. The van der Waals surface area contributed by atoms with Crippen LogP contribution in [0.5, 0.6) is 0 Å². The van der Waals surface area contributed by atoms with Crippen molar-refractivity contribution in [2.75, 3.05) is 64.0 Å². The number of aromatic amines is 4. The van der Waals surface area contributed by atoms with E-state index >= 15 is 0 Å². The third-order valence-corrected chi connectivity index (χ3v) is 35.2. The van der Waals surface area contributed by atoms with Gasteiger partial charge in [-0.15, -0.1) is 0 Å². The molecule has 0 bridgehead atoms. The molecule has 0 saturated carbocycles. The number of imidazole rings is 2. The van der Waals surface area contributed by atoms with Gasteiger partial charge in [0.25, 0.3) is 22.2 Å². The molecule has 0 radical (unpaired) electrons. The van der Waals surface area contributed by atoms with Gasteiger partial charge in [-0.05, 0) is 112 Å². The van der Waals surface area contributed by atoms with E-state index < -0.39 is 273 Å². The Bertz CT molecular complexity index is 7320. The molecule has 788 valence electrons. The predicted molar refractivity (Wildman–Crippen MR) is 524 cm³/mol. The Balaban J connectivity index is 0.608. The zero-order chi connectivity index (χ0) is 104. The van der Waals surface area contributed by atoms with E-state index in [2.05, 4.69) is 67.1 Å². The van der Waals surface area contributed by atoms with E-state index in [1.54, 1.807) is 13.8 Å². The molecular formula is C72H96N21O37P7S7. The standard InChI is InChI=1S/C72H96N21O37P7S7/c1-8-36-37(9-50(117-36)87-16-31(2)59(73)82-68(87)98)125-132(104,139)111-22-45-39(11-52(119-45)89-18-33(4)65(95)84-70(89)100)126-133(105,140)113-23-46-40(12-53(120-46)90-19-34(5)66(96)85-71(90)101)127-134(106,141)116-26-49-43(15-56(123-49)93-30-81-58-61(75)77-28-79-63(58)93)130-137(109,144)114-24-47-41(13-54(121-47)91-20-35(6)67(97)86-72(91)102)128-135(107,142)115-25-48-42(14-55(122-48)92-29-80-57-60(74)76-27-78-62(57)92)129-136(108,143)112-21-44-38(124-131(103,138)110-7)10-51(118-44)88-17-32(3)64(94)83-69(88)99/h16-20,27-30,36-56H,8-15,21-26H2,1-7H3,(H,103,138)(H,104,139)(H,105,140)(H,106,141)(H,107,142)(H,108,143)(H,109,144)(H2,73,82,98)(H2,74,76,78)(H2,75,77,79)(H,83,94,99)(H,84,95,100)(H,85,96,101)(H,86,97,102)/t36-,37?,38?,39?,40?,41?,42?,43?,44-,45-,46-,47-,48-,49-,50-,51-,52-,53-,54-,55-,56-,131?,132?,133?,134?,135?,136?,137?/m1/s1. The first-order chi connectivity index (χ1) is 67.8. The van der Waals surface area contributed by atoms with Crippen molar-refractivity contribution in [3.63, 3.8) is 0 Å². The molecule has 144 heavy (non-hydrogen) atoms. The maximum Gasteiger partial charge on any atom is 0.386 e. The minimum absolute atomic E-state index is 0.00388. The third-order valence-electron chi connectivity index (χ3n) is 23.9. The molecule has 9 aromatic rings. The van der Waals surface area contributed by atoms with Crippen molar-refractivity contribution >= 4 is 170 Å². The van der Waals surface area contributed by atoms with Crippen LogP contribution in [0.25, 0.3) is 22.3 Å². The Morgan fingerprint density at radius 2 is 0.611 bits per heavy atom. The summed E-state index contributed by atoms with van der Waals surface area (Å²) >= 11 is 37.6. The van der Waals surface area contributed by atoms with Crippen LogP contribution >= 0.6 is 59.4 Å². The average Bonchev–Trinajstić information content (AvgIpc) is 1.62. The highest BCUT2D eigenvalue weighted by atomic mass is 32.7. The van der Waals surface area contributed by atoms with Crippen molar-refractivity contribution in [1.82, 2.24) is 86.8 Å². The highest BCUT2D eigenvalue weighted by Gasteiger charge is 2.52. The minimum Gasteiger partial charge on any atom is -0.383 e. The number of nitrogen functional groups attached to an aromatic ring is 3. The molecule has 0 spiro atoms. The van der Waals surface area contributed by atoms with Crippen molar-refractivity contribution in [3.8, 4) is 0 Å². The van der Waals surface area contributed by atoms with E-state index in [-0.39, 0.29) is 101 Å². The van der Waals surface area contributed by atoms with Gasteiger partial charge in [-0.1, -0.05) is 19.2 Å².